The standard InChI is InChI=1S/C22H23F3N2O4/c23-22(24,25)31-18-4-1-16(2-5-18)17-3-6-20-19(15-17)21(28)27(11-14-30-20)8-7-26-9-12-29-13-10-26/h1-6,15H,7-14H2. The topological polar surface area (TPSA) is 51.2 Å². The summed E-state index contributed by atoms with van der Waals surface area (Å²) >= 11 is 0. The van der Waals surface area contributed by atoms with Crippen LogP contribution in [-0.4, -0.2) is 74.6 Å². The molecule has 2 aromatic rings. The van der Waals surface area contributed by atoms with Crippen molar-refractivity contribution in [2.45, 2.75) is 6.36 Å². The van der Waals surface area contributed by atoms with Gasteiger partial charge in [-0.2, -0.15) is 0 Å². The maximum atomic E-state index is 13.2. The predicted octanol–water partition coefficient (Wildman–Crippen LogP) is 3.42. The highest BCUT2D eigenvalue weighted by molar-refractivity contribution is 5.98. The van der Waals surface area contributed by atoms with Crippen LogP contribution < -0.4 is 9.47 Å². The molecule has 0 unspecified atom stereocenters. The molecule has 6 nitrogen and oxygen atoms in total. The van der Waals surface area contributed by atoms with Crippen LogP contribution in [0, 0.1) is 0 Å². The summed E-state index contributed by atoms with van der Waals surface area (Å²) in [6.07, 6.45) is -4.74. The third kappa shape index (κ3) is 5.48. The van der Waals surface area contributed by atoms with Crippen LogP contribution in [0.2, 0.25) is 0 Å². The number of amides is 1. The molecule has 1 fully saturated rings. The summed E-state index contributed by atoms with van der Waals surface area (Å²) in [7, 11) is 0. The maximum absolute atomic E-state index is 13.2. The molecule has 2 aliphatic heterocycles. The smallest absolute Gasteiger partial charge is 0.491 e. The Morgan fingerprint density at radius 1 is 0.903 bits per heavy atom. The predicted molar refractivity (Wildman–Crippen MR) is 107 cm³/mol. The number of nitrogens with zero attached hydrogens (tertiary/aromatic N) is 2. The van der Waals surface area contributed by atoms with Gasteiger partial charge in [0, 0.05) is 26.2 Å². The van der Waals surface area contributed by atoms with Gasteiger partial charge in [0.15, 0.2) is 0 Å². The number of halogens is 3. The summed E-state index contributed by atoms with van der Waals surface area (Å²) in [5.41, 5.74) is 1.84. The average molecular weight is 436 g/mol. The van der Waals surface area contributed by atoms with Crippen molar-refractivity contribution in [2.24, 2.45) is 0 Å². The van der Waals surface area contributed by atoms with Crippen molar-refractivity contribution >= 4 is 5.91 Å². The van der Waals surface area contributed by atoms with E-state index >= 15 is 0 Å². The lowest BCUT2D eigenvalue weighted by molar-refractivity contribution is -0.274. The van der Waals surface area contributed by atoms with E-state index in [9.17, 15) is 18.0 Å². The second-order valence-electron chi connectivity index (χ2n) is 7.38. The van der Waals surface area contributed by atoms with Crippen LogP contribution in [0.3, 0.4) is 0 Å². The minimum Gasteiger partial charge on any atom is -0.491 e. The van der Waals surface area contributed by atoms with E-state index in [0.717, 1.165) is 19.6 Å². The van der Waals surface area contributed by atoms with Crippen molar-refractivity contribution in [1.82, 2.24) is 9.80 Å². The fourth-order valence-corrected chi connectivity index (χ4v) is 3.69. The van der Waals surface area contributed by atoms with Crippen molar-refractivity contribution in [3.8, 4) is 22.6 Å². The summed E-state index contributed by atoms with van der Waals surface area (Å²) in [6, 6.07) is 10.8. The van der Waals surface area contributed by atoms with Crippen LogP contribution in [0.25, 0.3) is 11.1 Å². The second-order valence-corrected chi connectivity index (χ2v) is 7.38. The molecule has 0 saturated carbocycles. The normalized spacial score (nSPS) is 17.6. The first-order chi connectivity index (χ1) is 14.9. The molecule has 2 aliphatic rings. The van der Waals surface area contributed by atoms with Crippen LogP contribution in [0.5, 0.6) is 11.5 Å². The van der Waals surface area contributed by atoms with E-state index < -0.39 is 6.36 Å². The third-order valence-corrected chi connectivity index (χ3v) is 5.33. The first kappa shape index (κ1) is 21.5. The van der Waals surface area contributed by atoms with Crippen molar-refractivity contribution in [1.29, 1.82) is 0 Å². The minimum absolute atomic E-state index is 0.111. The van der Waals surface area contributed by atoms with Gasteiger partial charge in [0.2, 0.25) is 0 Å². The monoisotopic (exact) mass is 436 g/mol. The number of morpholine rings is 1. The van der Waals surface area contributed by atoms with E-state index in [-0.39, 0.29) is 11.7 Å². The van der Waals surface area contributed by atoms with Crippen molar-refractivity contribution < 1.29 is 32.2 Å². The second kappa shape index (κ2) is 9.15. The molecule has 0 bridgehead atoms. The molecule has 9 heteroatoms. The van der Waals surface area contributed by atoms with Gasteiger partial charge in [0.25, 0.3) is 5.91 Å². The maximum Gasteiger partial charge on any atom is 0.573 e. The number of carbonyl (C=O) groups is 1. The van der Waals surface area contributed by atoms with E-state index in [1.54, 1.807) is 23.1 Å². The Bertz CT molecular complexity index is 912. The molecule has 0 spiro atoms. The zero-order chi connectivity index (χ0) is 21.8. The molecule has 0 atom stereocenters. The quantitative estimate of drug-likeness (QED) is 0.719. The molecule has 0 N–H and O–H groups in total. The summed E-state index contributed by atoms with van der Waals surface area (Å²) < 4.78 is 52.1. The molecule has 2 aromatic carbocycles. The van der Waals surface area contributed by atoms with Gasteiger partial charge in [-0.1, -0.05) is 18.2 Å². The number of benzene rings is 2. The van der Waals surface area contributed by atoms with Gasteiger partial charge < -0.3 is 19.1 Å². The molecule has 2 heterocycles. The van der Waals surface area contributed by atoms with Gasteiger partial charge in [0.1, 0.15) is 18.1 Å². The fraction of sp³-hybridized carbons (Fsp3) is 0.409. The lowest BCUT2D eigenvalue weighted by Crippen LogP contribution is -2.43. The van der Waals surface area contributed by atoms with Crippen molar-refractivity contribution in [3.63, 3.8) is 0 Å². The van der Waals surface area contributed by atoms with Crippen LogP contribution in [0.1, 0.15) is 10.4 Å². The number of ether oxygens (including phenoxy) is 3. The van der Waals surface area contributed by atoms with Gasteiger partial charge in [-0.3, -0.25) is 9.69 Å². The van der Waals surface area contributed by atoms with Crippen LogP contribution >= 0.6 is 0 Å². The highest BCUT2D eigenvalue weighted by Crippen LogP contribution is 2.31. The average Bonchev–Trinajstić information content (AvgIpc) is 2.91. The van der Waals surface area contributed by atoms with Gasteiger partial charge >= 0.3 is 6.36 Å². The molecule has 166 valence electrons. The Morgan fingerprint density at radius 2 is 1.61 bits per heavy atom. The number of hydrogen-bond acceptors (Lipinski definition) is 5. The lowest BCUT2D eigenvalue weighted by atomic mass is 10.0. The van der Waals surface area contributed by atoms with Crippen molar-refractivity contribution in [2.75, 3.05) is 52.5 Å². The van der Waals surface area contributed by atoms with E-state index in [1.807, 2.05) is 0 Å². The first-order valence-corrected chi connectivity index (χ1v) is 10.1. The molecule has 31 heavy (non-hydrogen) atoms. The van der Waals surface area contributed by atoms with E-state index in [4.69, 9.17) is 9.47 Å². The Kier molecular flexibility index (Phi) is 6.33. The molecular weight excluding hydrogens is 413 g/mol. The molecular formula is C22H23F3N2O4. The number of hydrogen-bond donors (Lipinski definition) is 0. The van der Waals surface area contributed by atoms with E-state index in [1.165, 1.54) is 24.3 Å². The molecule has 1 amide bonds. The Morgan fingerprint density at radius 3 is 2.32 bits per heavy atom. The minimum atomic E-state index is -4.74. The van der Waals surface area contributed by atoms with Crippen LogP contribution in [0.4, 0.5) is 13.2 Å². The van der Waals surface area contributed by atoms with Gasteiger partial charge in [-0.05, 0) is 35.4 Å². The molecule has 1 saturated heterocycles. The van der Waals surface area contributed by atoms with Gasteiger partial charge in [-0.25, -0.2) is 0 Å². The summed E-state index contributed by atoms with van der Waals surface area (Å²) in [5, 5.41) is 0. The van der Waals surface area contributed by atoms with Crippen LogP contribution in [0.15, 0.2) is 42.5 Å². The first-order valence-electron chi connectivity index (χ1n) is 10.1. The Balaban J connectivity index is 1.49. The summed E-state index contributed by atoms with van der Waals surface area (Å²) in [5.74, 6) is 0.110. The number of fused-ring (bicyclic) bond motifs is 1. The Labute approximate surface area is 178 Å². The zero-order valence-corrected chi connectivity index (χ0v) is 16.9. The highest BCUT2D eigenvalue weighted by Gasteiger charge is 2.31. The number of alkyl halides is 3. The number of carbonyl (C=O) groups excluding carboxylic acids is 1. The van der Waals surface area contributed by atoms with Crippen molar-refractivity contribution in [3.05, 3.63) is 48.0 Å². The summed E-state index contributed by atoms with van der Waals surface area (Å²) in [6.45, 7) is 5.38. The van der Waals surface area contributed by atoms with E-state index in [0.29, 0.717) is 55.4 Å². The lowest BCUT2D eigenvalue weighted by Gasteiger charge is -2.29. The Hall–Kier alpha value is -2.78. The highest BCUT2D eigenvalue weighted by atomic mass is 19.4. The molecule has 0 aliphatic carbocycles. The fourth-order valence-electron chi connectivity index (χ4n) is 3.69. The summed E-state index contributed by atoms with van der Waals surface area (Å²) in [4.78, 5) is 17.2. The van der Waals surface area contributed by atoms with E-state index in [2.05, 4.69) is 9.64 Å². The molecule has 0 aromatic heterocycles. The number of rotatable bonds is 5. The molecule has 0 radical (unpaired) electrons. The SMILES string of the molecule is O=C1c2cc(-c3ccc(OC(F)(F)F)cc3)ccc2OCCN1CCN1CCOCC1. The largest absolute Gasteiger partial charge is 0.573 e. The van der Waals surface area contributed by atoms with Gasteiger partial charge in [-0.15, -0.1) is 13.2 Å². The molecule has 4 rings (SSSR count). The third-order valence-electron chi connectivity index (χ3n) is 5.33. The zero-order valence-electron chi connectivity index (χ0n) is 16.9. The van der Waals surface area contributed by atoms with Gasteiger partial charge in [0.05, 0.1) is 25.3 Å². The van der Waals surface area contributed by atoms with Crippen LogP contribution in [-0.2, 0) is 4.74 Å².